The number of rotatable bonds is 4. The van der Waals surface area contributed by atoms with Crippen LogP contribution in [0.15, 0.2) is 18.2 Å². The van der Waals surface area contributed by atoms with Crippen molar-refractivity contribution in [1.82, 2.24) is 10.2 Å². The van der Waals surface area contributed by atoms with Crippen LogP contribution in [0, 0.1) is 5.92 Å². The van der Waals surface area contributed by atoms with Crippen LogP contribution in [0.25, 0.3) is 0 Å². The molecule has 0 aliphatic carbocycles. The van der Waals surface area contributed by atoms with E-state index in [0.29, 0.717) is 17.2 Å². The van der Waals surface area contributed by atoms with E-state index in [2.05, 4.69) is 22.6 Å². The molecule has 1 saturated heterocycles. The third-order valence-corrected chi connectivity index (χ3v) is 3.61. The van der Waals surface area contributed by atoms with Crippen LogP contribution in [0.5, 0.6) is 0 Å². The number of amides is 1. The summed E-state index contributed by atoms with van der Waals surface area (Å²) in [6, 6.07) is 5.37. The van der Waals surface area contributed by atoms with E-state index in [-0.39, 0.29) is 5.91 Å². The fourth-order valence-electron chi connectivity index (χ4n) is 2.46. The molecule has 5 nitrogen and oxygen atoms in total. The van der Waals surface area contributed by atoms with Crippen LogP contribution in [-0.4, -0.2) is 44.5 Å². The van der Waals surface area contributed by atoms with E-state index in [1.54, 1.807) is 19.2 Å². The molecule has 2 rings (SSSR count). The summed E-state index contributed by atoms with van der Waals surface area (Å²) >= 11 is 0. The Morgan fingerprint density at radius 1 is 1.53 bits per heavy atom. The van der Waals surface area contributed by atoms with Gasteiger partial charge >= 0.3 is 0 Å². The van der Waals surface area contributed by atoms with Crippen molar-refractivity contribution >= 4 is 17.3 Å². The Kier molecular flexibility index (Phi) is 4.27. The van der Waals surface area contributed by atoms with E-state index < -0.39 is 0 Å². The molecule has 0 spiro atoms. The van der Waals surface area contributed by atoms with E-state index in [1.807, 2.05) is 6.07 Å². The molecule has 0 saturated carbocycles. The van der Waals surface area contributed by atoms with Crippen molar-refractivity contribution in [3.8, 4) is 0 Å². The lowest BCUT2D eigenvalue weighted by atomic mass is 10.1. The number of likely N-dealkylation sites (tertiary alicyclic amines) is 1. The lowest BCUT2D eigenvalue weighted by Gasteiger charge is -2.14. The Bertz CT molecular complexity index is 461. The summed E-state index contributed by atoms with van der Waals surface area (Å²) < 4.78 is 0. The van der Waals surface area contributed by atoms with E-state index in [0.717, 1.165) is 25.3 Å². The van der Waals surface area contributed by atoms with Gasteiger partial charge in [-0.2, -0.15) is 0 Å². The van der Waals surface area contributed by atoms with Gasteiger partial charge in [-0.25, -0.2) is 0 Å². The highest BCUT2D eigenvalue weighted by Gasteiger charge is 2.19. The van der Waals surface area contributed by atoms with Gasteiger partial charge in [0.1, 0.15) is 0 Å². The molecule has 104 valence electrons. The zero-order chi connectivity index (χ0) is 13.8. The van der Waals surface area contributed by atoms with Gasteiger partial charge in [-0.1, -0.05) is 0 Å². The summed E-state index contributed by atoms with van der Waals surface area (Å²) in [6.45, 7) is 3.22. The van der Waals surface area contributed by atoms with E-state index >= 15 is 0 Å². The highest BCUT2D eigenvalue weighted by Crippen LogP contribution is 2.22. The number of benzene rings is 1. The zero-order valence-corrected chi connectivity index (χ0v) is 11.6. The maximum Gasteiger partial charge on any atom is 0.251 e. The van der Waals surface area contributed by atoms with Crippen LogP contribution < -0.4 is 16.4 Å². The molecule has 4 N–H and O–H groups in total. The van der Waals surface area contributed by atoms with E-state index in [9.17, 15) is 4.79 Å². The molecule has 1 atom stereocenters. The van der Waals surface area contributed by atoms with E-state index in [1.165, 1.54) is 6.42 Å². The smallest absolute Gasteiger partial charge is 0.251 e. The maximum atomic E-state index is 11.5. The summed E-state index contributed by atoms with van der Waals surface area (Å²) in [6.07, 6.45) is 1.22. The second-order valence-electron chi connectivity index (χ2n) is 5.18. The molecule has 0 bridgehead atoms. The fourth-order valence-corrected chi connectivity index (χ4v) is 2.46. The largest absolute Gasteiger partial charge is 0.397 e. The molecule has 1 fully saturated rings. The first-order chi connectivity index (χ1) is 9.10. The monoisotopic (exact) mass is 262 g/mol. The molecule has 1 aliphatic rings. The normalized spacial score (nSPS) is 19.4. The molecule has 0 aromatic heterocycles. The molecule has 1 aromatic rings. The first-order valence-electron chi connectivity index (χ1n) is 6.64. The Balaban J connectivity index is 1.95. The van der Waals surface area contributed by atoms with Crippen molar-refractivity contribution in [1.29, 1.82) is 0 Å². The molecule has 1 amide bonds. The summed E-state index contributed by atoms with van der Waals surface area (Å²) in [5.74, 6) is 0.554. The second-order valence-corrected chi connectivity index (χ2v) is 5.18. The first kappa shape index (κ1) is 13.7. The Morgan fingerprint density at radius 3 is 2.89 bits per heavy atom. The van der Waals surface area contributed by atoms with Gasteiger partial charge in [0.05, 0.1) is 11.4 Å². The van der Waals surface area contributed by atoms with Gasteiger partial charge in [0.2, 0.25) is 0 Å². The lowest BCUT2D eigenvalue weighted by Crippen LogP contribution is -2.20. The number of carbonyl (C=O) groups is 1. The highest BCUT2D eigenvalue weighted by atomic mass is 16.1. The molecule has 0 radical (unpaired) electrons. The van der Waals surface area contributed by atoms with Crippen LogP contribution in [0.3, 0.4) is 0 Å². The van der Waals surface area contributed by atoms with Gasteiger partial charge in [-0.3, -0.25) is 4.79 Å². The van der Waals surface area contributed by atoms with Crippen molar-refractivity contribution in [2.45, 2.75) is 6.42 Å². The van der Waals surface area contributed by atoms with Crippen LogP contribution in [-0.2, 0) is 0 Å². The van der Waals surface area contributed by atoms with Gasteiger partial charge in [0.25, 0.3) is 5.91 Å². The third-order valence-electron chi connectivity index (χ3n) is 3.61. The number of nitrogens with one attached hydrogen (secondary N) is 2. The van der Waals surface area contributed by atoms with Crippen molar-refractivity contribution in [3.05, 3.63) is 23.8 Å². The average Bonchev–Trinajstić information content (AvgIpc) is 2.82. The van der Waals surface area contributed by atoms with Gasteiger partial charge in [0, 0.05) is 25.7 Å². The summed E-state index contributed by atoms with van der Waals surface area (Å²) in [5, 5.41) is 5.97. The molecule has 1 aliphatic heterocycles. The van der Waals surface area contributed by atoms with Gasteiger partial charge < -0.3 is 21.3 Å². The molecule has 1 heterocycles. The van der Waals surface area contributed by atoms with Crippen molar-refractivity contribution < 1.29 is 4.79 Å². The van der Waals surface area contributed by atoms with Crippen LogP contribution in [0.2, 0.25) is 0 Å². The number of carbonyl (C=O) groups excluding carboxylic acids is 1. The van der Waals surface area contributed by atoms with Crippen molar-refractivity contribution in [3.63, 3.8) is 0 Å². The SMILES string of the molecule is CNC(=O)c1ccc(NCC2CCN(C)C2)c(N)c1. The molecule has 19 heavy (non-hydrogen) atoms. The number of hydrogen-bond acceptors (Lipinski definition) is 4. The summed E-state index contributed by atoms with van der Waals surface area (Å²) in [4.78, 5) is 13.8. The second kappa shape index (κ2) is 5.93. The predicted molar refractivity (Wildman–Crippen MR) is 78.3 cm³/mol. The molecular weight excluding hydrogens is 240 g/mol. The minimum absolute atomic E-state index is 0.115. The number of nitrogens with zero attached hydrogens (tertiary/aromatic N) is 1. The lowest BCUT2D eigenvalue weighted by molar-refractivity contribution is 0.0963. The number of anilines is 2. The minimum atomic E-state index is -0.115. The highest BCUT2D eigenvalue weighted by molar-refractivity contribution is 5.95. The zero-order valence-electron chi connectivity index (χ0n) is 11.6. The van der Waals surface area contributed by atoms with Gasteiger partial charge in [0.15, 0.2) is 0 Å². The Labute approximate surface area is 114 Å². The fraction of sp³-hybridized carbons (Fsp3) is 0.500. The Hall–Kier alpha value is -1.75. The number of nitrogen functional groups attached to an aromatic ring is 1. The number of hydrogen-bond donors (Lipinski definition) is 3. The summed E-state index contributed by atoms with van der Waals surface area (Å²) in [7, 11) is 3.76. The standard InChI is InChI=1S/C14H22N4O/c1-16-14(19)11-3-4-13(12(15)7-11)17-8-10-5-6-18(2)9-10/h3-4,7,10,17H,5-6,8-9,15H2,1-2H3,(H,16,19). The quantitative estimate of drug-likeness (QED) is 0.708. The third kappa shape index (κ3) is 3.38. The van der Waals surface area contributed by atoms with Crippen LogP contribution >= 0.6 is 0 Å². The maximum absolute atomic E-state index is 11.5. The van der Waals surface area contributed by atoms with Crippen molar-refractivity contribution in [2.24, 2.45) is 5.92 Å². The first-order valence-corrected chi connectivity index (χ1v) is 6.64. The van der Waals surface area contributed by atoms with Gasteiger partial charge in [-0.15, -0.1) is 0 Å². The number of nitrogens with two attached hydrogens (primary N) is 1. The minimum Gasteiger partial charge on any atom is -0.397 e. The van der Waals surface area contributed by atoms with Crippen LogP contribution in [0.1, 0.15) is 16.8 Å². The predicted octanol–water partition coefficient (Wildman–Crippen LogP) is 0.992. The molecule has 1 aromatic carbocycles. The Morgan fingerprint density at radius 2 is 2.32 bits per heavy atom. The molecule has 5 heteroatoms. The van der Waals surface area contributed by atoms with Gasteiger partial charge in [-0.05, 0) is 44.1 Å². The van der Waals surface area contributed by atoms with E-state index in [4.69, 9.17) is 5.73 Å². The summed E-state index contributed by atoms with van der Waals surface area (Å²) in [5.41, 5.74) is 8.08. The van der Waals surface area contributed by atoms with Crippen LogP contribution in [0.4, 0.5) is 11.4 Å². The average molecular weight is 262 g/mol. The molecule has 1 unspecified atom stereocenters. The molecular formula is C14H22N4O. The van der Waals surface area contributed by atoms with Crippen molar-refractivity contribution in [2.75, 3.05) is 44.8 Å². The topological polar surface area (TPSA) is 70.4 Å².